The standard InChI is InChI=1S/C14H26N2O2S2/c1-5-9-15-10-8-13-6-7-14(19-13)20(17,18)16-12(4)11(2)3/h6-7,11-12,15-16H,5,8-10H2,1-4H3. The largest absolute Gasteiger partial charge is 0.316 e. The predicted molar refractivity (Wildman–Crippen MR) is 85.8 cm³/mol. The van der Waals surface area contributed by atoms with Gasteiger partial charge in [-0.05, 0) is 50.9 Å². The lowest BCUT2D eigenvalue weighted by molar-refractivity contribution is 0.477. The summed E-state index contributed by atoms with van der Waals surface area (Å²) < 4.78 is 27.6. The molecule has 1 aromatic heterocycles. The molecule has 0 saturated heterocycles. The fourth-order valence-corrected chi connectivity index (χ4v) is 4.35. The van der Waals surface area contributed by atoms with Crippen molar-refractivity contribution in [2.24, 2.45) is 5.92 Å². The molecule has 1 unspecified atom stereocenters. The number of nitrogens with one attached hydrogen (secondary N) is 2. The van der Waals surface area contributed by atoms with E-state index in [-0.39, 0.29) is 12.0 Å². The fraction of sp³-hybridized carbons (Fsp3) is 0.714. The summed E-state index contributed by atoms with van der Waals surface area (Å²) in [6.45, 7) is 9.93. The van der Waals surface area contributed by atoms with Crippen LogP contribution in [0.4, 0.5) is 0 Å². The first kappa shape index (κ1) is 17.6. The summed E-state index contributed by atoms with van der Waals surface area (Å²) >= 11 is 1.36. The Hall–Kier alpha value is -0.430. The van der Waals surface area contributed by atoms with Crippen molar-refractivity contribution >= 4 is 21.4 Å². The third kappa shape index (κ3) is 5.52. The summed E-state index contributed by atoms with van der Waals surface area (Å²) in [5.41, 5.74) is 0. The van der Waals surface area contributed by atoms with Gasteiger partial charge in [-0.15, -0.1) is 11.3 Å². The second-order valence-corrected chi connectivity index (χ2v) is 8.48. The van der Waals surface area contributed by atoms with Gasteiger partial charge in [-0.3, -0.25) is 0 Å². The molecule has 0 aliphatic heterocycles. The van der Waals surface area contributed by atoms with Crippen molar-refractivity contribution in [2.75, 3.05) is 13.1 Å². The highest BCUT2D eigenvalue weighted by molar-refractivity contribution is 7.91. The lowest BCUT2D eigenvalue weighted by Crippen LogP contribution is -2.35. The lowest BCUT2D eigenvalue weighted by Gasteiger charge is -2.16. The Kier molecular flexibility index (Phi) is 7.15. The van der Waals surface area contributed by atoms with E-state index >= 15 is 0 Å². The molecule has 4 nitrogen and oxygen atoms in total. The zero-order valence-corrected chi connectivity index (χ0v) is 14.4. The molecular formula is C14H26N2O2S2. The van der Waals surface area contributed by atoms with Crippen LogP contribution < -0.4 is 10.0 Å². The number of hydrogen-bond donors (Lipinski definition) is 2. The third-order valence-corrected chi connectivity index (χ3v) is 6.41. The van der Waals surface area contributed by atoms with Crippen molar-refractivity contribution < 1.29 is 8.42 Å². The monoisotopic (exact) mass is 318 g/mol. The molecule has 20 heavy (non-hydrogen) atoms. The van der Waals surface area contributed by atoms with Crippen LogP contribution in [0.2, 0.25) is 0 Å². The molecule has 1 aromatic rings. The molecule has 0 spiro atoms. The molecule has 0 bridgehead atoms. The second kappa shape index (κ2) is 8.12. The predicted octanol–water partition coefficient (Wildman–Crippen LogP) is 2.61. The van der Waals surface area contributed by atoms with Gasteiger partial charge in [0, 0.05) is 10.9 Å². The molecule has 0 aliphatic rings. The molecule has 0 saturated carbocycles. The summed E-state index contributed by atoms with van der Waals surface area (Å²) in [5, 5.41) is 3.32. The lowest BCUT2D eigenvalue weighted by atomic mass is 10.1. The smallest absolute Gasteiger partial charge is 0.250 e. The molecule has 0 fully saturated rings. The Labute approximate surface area is 127 Å². The first-order chi connectivity index (χ1) is 9.36. The van der Waals surface area contributed by atoms with Gasteiger partial charge in [0.25, 0.3) is 0 Å². The van der Waals surface area contributed by atoms with E-state index in [9.17, 15) is 8.42 Å². The quantitative estimate of drug-likeness (QED) is 0.688. The van der Waals surface area contributed by atoms with E-state index in [1.54, 1.807) is 6.07 Å². The molecule has 116 valence electrons. The van der Waals surface area contributed by atoms with E-state index in [1.165, 1.54) is 11.3 Å². The van der Waals surface area contributed by atoms with Gasteiger partial charge in [-0.25, -0.2) is 13.1 Å². The van der Waals surface area contributed by atoms with Crippen molar-refractivity contribution in [2.45, 2.75) is 50.8 Å². The molecule has 0 radical (unpaired) electrons. The summed E-state index contributed by atoms with van der Waals surface area (Å²) in [4.78, 5) is 1.10. The average Bonchev–Trinajstić information content (AvgIpc) is 2.83. The summed E-state index contributed by atoms with van der Waals surface area (Å²) in [6, 6.07) is 3.55. The Morgan fingerprint density at radius 2 is 1.90 bits per heavy atom. The van der Waals surface area contributed by atoms with E-state index in [1.807, 2.05) is 26.8 Å². The number of hydrogen-bond acceptors (Lipinski definition) is 4. The van der Waals surface area contributed by atoms with E-state index in [2.05, 4.69) is 17.0 Å². The fourth-order valence-electron chi connectivity index (χ4n) is 1.59. The minimum Gasteiger partial charge on any atom is -0.316 e. The van der Waals surface area contributed by atoms with Gasteiger partial charge in [-0.1, -0.05) is 20.8 Å². The molecule has 0 amide bonds. The zero-order valence-electron chi connectivity index (χ0n) is 12.8. The van der Waals surface area contributed by atoms with Crippen LogP contribution in [0.1, 0.15) is 39.0 Å². The molecule has 1 rings (SSSR count). The molecule has 2 N–H and O–H groups in total. The zero-order chi connectivity index (χ0) is 15.2. The van der Waals surface area contributed by atoms with Crippen LogP contribution in [0.25, 0.3) is 0 Å². The van der Waals surface area contributed by atoms with Gasteiger partial charge in [0.2, 0.25) is 10.0 Å². The minimum absolute atomic E-state index is 0.0585. The maximum atomic E-state index is 12.2. The highest BCUT2D eigenvalue weighted by Gasteiger charge is 2.20. The van der Waals surface area contributed by atoms with E-state index in [0.29, 0.717) is 4.21 Å². The SMILES string of the molecule is CCCNCCc1ccc(S(=O)(=O)NC(C)C(C)C)s1. The van der Waals surface area contributed by atoms with Crippen molar-refractivity contribution in [1.29, 1.82) is 0 Å². The van der Waals surface area contributed by atoms with E-state index < -0.39 is 10.0 Å². The van der Waals surface area contributed by atoms with Crippen molar-refractivity contribution in [3.05, 3.63) is 17.0 Å². The van der Waals surface area contributed by atoms with Gasteiger partial charge in [0.1, 0.15) is 4.21 Å². The Morgan fingerprint density at radius 1 is 1.20 bits per heavy atom. The van der Waals surface area contributed by atoms with Crippen LogP contribution in [0.3, 0.4) is 0 Å². The van der Waals surface area contributed by atoms with Gasteiger partial charge in [0.05, 0.1) is 0 Å². The van der Waals surface area contributed by atoms with Crippen LogP contribution in [0.5, 0.6) is 0 Å². The van der Waals surface area contributed by atoms with Crippen LogP contribution in [0.15, 0.2) is 16.3 Å². The molecule has 1 heterocycles. The maximum absolute atomic E-state index is 12.2. The van der Waals surface area contributed by atoms with Crippen LogP contribution in [-0.4, -0.2) is 27.5 Å². The molecular weight excluding hydrogens is 292 g/mol. The van der Waals surface area contributed by atoms with E-state index in [4.69, 9.17) is 0 Å². The Balaban J connectivity index is 2.61. The normalized spacial score (nSPS) is 13.8. The molecule has 6 heteroatoms. The third-order valence-electron chi connectivity index (χ3n) is 3.22. The van der Waals surface area contributed by atoms with Gasteiger partial charge in [-0.2, -0.15) is 0 Å². The number of thiophene rings is 1. The van der Waals surface area contributed by atoms with Crippen molar-refractivity contribution in [3.63, 3.8) is 0 Å². The molecule has 1 atom stereocenters. The number of rotatable bonds is 9. The maximum Gasteiger partial charge on any atom is 0.250 e. The van der Waals surface area contributed by atoms with Crippen LogP contribution in [0, 0.1) is 5.92 Å². The number of sulfonamides is 1. The minimum atomic E-state index is -3.37. The average molecular weight is 319 g/mol. The van der Waals surface area contributed by atoms with Gasteiger partial charge >= 0.3 is 0 Å². The highest BCUT2D eigenvalue weighted by Crippen LogP contribution is 2.22. The summed E-state index contributed by atoms with van der Waals surface area (Å²) in [7, 11) is -3.37. The molecule has 0 aromatic carbocycles. The highest BCUT2D eigenvalue weighted by atomic mass is 32.2. The van der Waals surface area contributed by atoms with E-state index in [0.717, 1.165) is 30.8 Å². The molecule has 0 aliphatic carbocycles. The Morgan fingerprint density at radius 3 is 2.50 bits per heavy atom. The van der Waals surface area contributed by atoms with Crippen molar-refractivity contribution in [3.8, 4) is 0 Å². The van der Waals surface area contributed by atoms with Crippen LogP contribution in [-0.2, 0) is 16.4 Å². The van der Waals surface area contributed by atoms with Gasteiger partial charge in [0.15, 0.2) is 0 Å². The summed E-state index contributed by atoms with van der Waals surface area (Å²) in [6.07, 6.45) is 1.99. The first-order valence-corrected chi connectivity index (χ1v) is 9.48. The van der Waals surface area contributed by atoms with Crippen molar-refractivity contribution in [1.82, 2.24) is 10.0 Å². The Bertz CT molecular complexity index is 495. The topological polar surface area (TPSA) is 58.2 Å². The summed E-state index contributed by atoms with van der Waals surface area (Å²) in [5.74, 6) is 0.280. The van der Waals surface area contributed by atoms with Crippen LogP contribution >= 0.6 is 11.3 Å². The van der Waals surface area contributed by atoms with Gasteiger partial charge < -0.3 is 5.32 Å². The second-order valence-electron chi connectivity index (χ2n) is 5.37. The first-order valence-electron chi connectivity index (χ1n) is 7.18.